The Morgan fingerprint density at radius 3 is 2.35 bits per heavy atom. The van der Waals surface area contributed by atoms with Crippen molar-refractivity contribution in [1.29, 1.82) is 0 Å². The quantitative estimate of drug-likeness (QED) is 0.201. The number of hydrogen-bond donors (Lipinski definition) is 2. The minimum absolute atomic E-state index is 0.0372. The van der Waals surface area contributed by atoms with Gasteiger partial charge in [-0.25, -0.2) is 0 Å². The molecule has 2 N–H and O–H groups in total. The van der Waals surface area contributed by atoms with E-state index in [0.717, 1.165) is 40.4 Å². The first-order chi connectivity index (χ1) is 26.1. The van der Waals surface area contributed by atoms with Crippen LogP contribution in [0.2, 0.25) is 18.6 Å². The molecule has 1 spiro atoms. The van der Waals surface area contributed by atoms with Gasteiger partial charge < -0.3 is 34.6 Å². The Morgan fingerprint density at radius 2 is 1.67 bits per heavy atom. The van der Waals surface area contributed by atoms with Crippen LogP contribution >= 0.6 is 0 Å². The molecule has 0 radical (unpaired) electrons. The lowest BCUT2D eigenvalue weighted by Gasteiger charge is -2.37. The number of rotatable bonds is 12. The topological polar surface area (TPSA) is 112 Å². The molecule has 0 bridgehead atoms. The number of para-hydroxylation sites is 1. The van der Waals surface area contributed by atoms with Crippen LogP contribution in [0, 0.1) is 5.92 Å². The lowest BCUT2D eigenvalue weighted by molar-refractivity contribution is -0.150. The second-order valence-corrected chi connectivity index (χ2v) is 19.9. The summed E-state index contributed by atoms with van der Waals surface area (Å²) in [6, 6.07) is 33.7. The van der Waals surface area contributed by atoms with E-state index in [-0.39, 0.29) is 48.8 Å². The van der Waals surface area contributed by atoms with Crippen molar-refractivity contribution in [1.82, 2.24) is 10.2 Å². The van der Waals surface area contributed by atoms with Gasteiger partial charge in [0.1, 0.15) is 5.75 Å². The van der Waals surface area contributed by atoms with Crippen molar-refractivity contribution in [2.24, 2.45) is 5.92 Å². The van der Waals surface area contributed by atoms with E-state index in [9.17, 15) is 14.7 Å². The maximum Gasteiger partial charge on any atom is 0.264 e. The van der Waals surface area contributed by atoms with E-state index in [0.29, 0.717) is 26.2 Å². The number of carbonyl (C=O) groups is 3. The van der Waals surface area contributed by atoms with Crippen LogP contribution in [0.5, 0.6) is 5.75 Å². The summed E-state index contributed by atoms with van der Waals surface area (Å²) < 4.78 is 12.7. The molecule has 10 nitrogen and oxygen atoms in total. The second kappa shape index (κ2) is 15.5. The average molecular weight is 747 g/mol. The maximum absolute atomic E-state index is 15.2. The zero-order valence-corrected chi connectivity index (χ0v) is 32.5. The molecule has 2 saturated heterocycles. The number of aliphatic hydroxyl groups is 1. The molecule has 0 unspecified atom stereocenters. The SMILES string of the molecule is COc1ccc([Si](C)(C)[C@@H]2[C@@H](CC(=O)N(CCO)Cc3ccccc3)O[C@]3(C(=O)N(Cc4ccc(N5CCNCC5=O)cc4)c4ccccc43)[C@H]2C)cc1. The lowest BCUT2D eigenvalue weighted by Crippen LogP contribution is -2.52. The molecular weight excluding hydrogens is 697 g/mol. The van der Waals surface area contributed by atoms with Crippen LogP contribution in [0.15, 0.2) is 103 Å². The Kier molecular flexibility index (Phi) is 10.8. The van der Waals surface area contributed by atoms with Crippen LogP contribution in [-0.2, 0) is 37.8 Å². The third kappa shape index (κ3) is 6.85. The number of amides is 3. The molecule has 0 saturated carbocycles. The molecule has 7 rings (SSSR count). The number of benzene rings is 4. The van der Waals surface area contributed by atoms with E-state index < -0.39 is 19.8 Å². The number of fused-ring (bicyclic) bond motifs is 2. The van der Waals surface area contributed by atoms with Gasteiger partial charge >= 0.3 is 0 Å². The molecule has 4 aromatic rings. The number of aliphatic hydroxyl groups excluding tert-OH is 1. The van der Waals surface area contributed by atoms with E-state index in [1.165, 1.54) is 5.19 Å². The fourth-order valence-electron chi connectivity index (χ4n) is 8.99. The zero-order chi connectivity index (χ0) is 38.0. The number of methoxy groups -OCH3 is 1. The molecule has 3 aliphatic heterocycles. The number of piperazine rings is 1. The summed E-state index contributed by atoms with van der Waals surface area (Å²) in [5.41, 5.74) is 2.96. The Hall–Kier alpha value is -4.81. The molecule has 0 aliphatic carbocycles. The number of nitrogens with zero attached hydrogens (tertiary/aromatic N) is 3. The van der Waals surface area contributed by atoms with Crippen molar-refractivity contribution in [3.05, 3.63) is 120 Å². The minimum Gasteiger partial charge on any atom is -0.497 e. The van der Waals surface area contributed by atoms with Gasteiger partial charge in [-0.05, 0) is 47.0 Å². The van der Waals surface area contributed by atoms with Crippen molar-refractivity contribution < 1.29 is 29.0 Å². The fraction of sp³-hybridized carbons (Fsp3) is 0.372. The maximum atomic E-state index is 15.2. The average Bonchev–Trinajstić information content (AvgIpc) is 3.61. The highest BCUT2D eigenvalue weighted by Gasteiger charge is 2.66. The van der Waals surface area contributed by atoms with Crippen LogP contribution in [0.4, 0.5) is 11.4 Å². The van der Waals surface area contributed by atoms with Crippen molar-refractivity contribution in [2.45, 2.75) is 56.8 Å². The predicted octanol–water partition coefficient (Wildman–Crippen LogP) is 4.81. The van der Waals surface area contributed by atoms with Crippen LogP contribution in [-0.4, -0.2) is 81.8 Å². The highest BCUT2D eigenvalue weighted by atomic mass is 28.3. The first kappa shape index (κ1) is 37.5. The van der Waals surface area contributed by atoms with Gasteiger partial charge in [-0.1, -0.05) is 98.0 Å². The zero-order valence-electron chi connectivity index (χ0n) is 31.5. The predicted molar refractivity (Wildman–Crippen MR) is 212 cm³/mol. The third-order valence-electron chi connectivity index (χ3n) is 11.7. The third-order valence-corrected chi connectivity index (χ3v) is 16.1. The van der Waals surface area contributed by atoms with Gasteiger partial charge in [-0.3, -0.25) is 14.4 Å². The van der Waals surface area contributed by atoms with E-state index >= 15 is 4.79 Å². The summed E-state index contributed by atoms with van der Waals surface area (Å²) in [6.45, 7) is 9.14. The van der Waals surface area contributed by atoms with Crippen molar-refractivity contribution >= 4 is 42.4 Å². The molecule has 11 heteroatoms. The number of nitrogens with one attached hydrogen (secondary N) is 1. The lowest BCUT2D eigenvalue weighted by atomic mass is 9.82. The highest BCUT2D eigenvalue weighted by molar-refractivity contribution is 6.91. The molecule has 0 aromatic heterocycles. The first-order valence-corrected chi connectivity index (χ1v) is 21.9. The summed E-state index contributed by atoms with van der Waals surface area (Å²) in [7, 11) is -0.827. The van der Waals surface area contributed by atoms with Crippen LogP contribution < -0.4 is 25.0 Å². The Labute approximate surface area is 318 Å². The summed E-state index contributed by atoms with van der Waals surface area (Å²) in [5.74, 6) is 0.291. The van der Waals surface area contributed by atoms with Crippen LogP contribution in [0.25, 0.3) is 0 Å². The molecule has 54 heavy (non-hydrogen) atoms. The van der Waals surface area contributed by atoms with Gasteiger partial charge in [-0.2, -0.15) is 0 Å². The first-order valence-electron chi connectivity index (χ1n) is 18.8. The number of ether oxygens (including phenoxy) is 2. The van der Waals surface area contributed by atoms with Gasteiger partial charge in [0.15, 0.2) is 5.60 Å². The molecule has 4 aromatic carbocycles. The summed E-state index contributed by atoms with van der Waals surface area (Å²) in [5, 5.41) is 14.3. The summed E-state index contributed by atoms with van der Waals surface area (Å²) in [6.07, 6.45) is -0.473. The smallest absolute Gasteiger partial charge is 0.264 e. The number of carbonyl (C=O) groups excluding carboxylic acids is 3. The van der Waals surface area contributed by atoms with Crippen LogP contribution in [0.3, 0.4) is 0 Å². The molecule has 2 fully saturated rings. The van der Waals surface area contributed by atoms with E-state index in [1.54, 1.807) is 16.9 Å². The fourth-order valence-corrected chi connectivity index (χ4v) is 13.0. The van der Waals surface area contributed by atoms with Gasteiger partial charge in [-0.15, -0.1) is 0 Å². The van der Waals surface area contributed by atoms with Gasteiger partial charge in [0.05, 0.1) is 53.1 Å². The summed E-state index contributed by atoms with van der Waals surface area (Å²) in [4.78, 5) is 47.3. The highest BCUT2D eigenvalue weighted by Crippen LogP contribution is 2.60. The minimum atomic E-state index is -2.48. The second-order valence-electron chi connectivity index (χ2n) is 15.2. The van der Waals surface area contributed by atoms with Gasteiger partial charge in [0.25, 0.3) is 5.91 Å². The van der Waals surface area contributed by atoms with Gasteiger partial charge in [0, 0.05) is 43.3 Å². The van der Waals surface area contributed by atoms with Crippen molar-refractivity contribution in [3.8, 4) is 5.75 Å². The number of anilines is 2. The molecule has 4 atom stereocenters. The largest absolute Gasteiger partial charge is 0.497 e. The summed E-state index contributed by atoms with van der Waals surface area (Å²) >= 11 is 0. The normalized spacial score (nSPS) is 22.5. The van der Waals surface area contributed by atoms with Crippen molar-refractivity contribution in [3.63, 3.8) is 0 Å². The molecule has 3 heterocycles. The molecule has 282 valence electrons. The standard InChI is InChI=1S/C43H50N4O6Si/c1-30-41(54(3,4)35-20-18-34(52-2)19-21-35)38(26-39(49)45(24-25-48)28-31-10-6-5-7-11-31)53-43(30)36-12-8-9-13-37(36)47(42(43)51)29-32-14-16-33(17-15-32)46-23-22-44-27-40(46)50/h5-21,30,38,41,44,48H,22-29H2,1-4H3/t30-,38+,41-,43+/m0/s1. The van der Waals surface area contributed by atoms with Crippen molar-refractivity contribution in [2.75, 3.05) is 49.7 Å². The van der Waals surface area contributed by atoms with Crippen LogP contribution in [0.1, 0.15) is 30.0 Å². The van der Waals surface area contributed by atoms with E-state index in [2.05, 4.69) is 37.5 Å². The monoisotopic (exact) mass is 746 g/mol. The van der Waals surface area contributed by atoms with E-state index in [1.807, 2.05) is 95.9 Å². The number of hydrogen-bond acceptors (Lipinski definition) is 7. The Morgan fingerprint density at radius 1 is 0.963 bits per heavy atom. The van der Waals surface area contributed by atoms with E-state index in [4.69, 9.17) is 9.47 Å². The Bertz CT molecular complexity index is 1970. The molecular formula is C43H50N4O6Si. The Balaban J connectivity index is 1.23. The molecule has 3 amide bonds. The van der Waals surface area contributed by atoms with Gasteiger partial charge in [0.2, 0.25) is 11.8 Å². The molecule has 3 aliphatic rings.